The summed E-state index contributed by atoms with van der Waals surface area (Å²) in [6.45, 7) is 3.65. The van der Waals surface area contributed by atoms with Gasteiger partial charge in [-0.15, -0.1) is 12.4 Å². The van der Waals surface area contributed by atoms with Gasteiger partial charge in [-0.25, -0.2) is 17.9 Å². The average molecular weight is 371 g/mol. The summed E-state index contributed by atoms with van der Waals surface area (Å²) in [5.74, 6) is -0.572. The van der Waals surface area contributed by atoms with Gasteiger partial charge in [0.1, 0.15) is 4.90 Å². The number of hydrogen-bond donors (Lipinski definition) is 2. The molecule has 9 heteroatoms. The second-order valence-corrected chi connectivity index (χ2v) is 6.43. The highest BCUT2D eigenvalue weighted by atomic mass is 35.5. The van der Waals surface area contributed by atoms with Crippen LogP contribution in [-0.2, 0) is 14.8 Å². The smallest absolute Gasteiger partial charge is 0.337 e. The van der Waals surface area contributed by atoms with Gasteiger partial charge in [0.15, 0.2) is 0 Å². The molecule has 0 bridgehead atoms. The second-order valence-electron chi connectivity index (χ2n) is 4.28. The topological polar surface area (TPSA) is 84.5 Å². The van der Waals surface area contributed by atoms with Gasteiger partial charge in [-0.3, -0.25) is 0 Å². The predicted molar refractivity (Wildman–Crippen MR) is 88.4 cm³/mol. The van der Waals surface area contributed by atoms with E-state index < -0.39 is 16.0 Å². The molecule has 6 nitrogen and oxygen atoms in total. The first-order chi connectivity index (χ1) is 9.92. The normalized spacial score (nSPS) is 10.9. The highest BCUT2D eigenvalue weighted by molar-refractivity contribution is 7.89. The lowest BCUT2D eigenvalue weighted by Gasteiger charge is -2.09. The Morgan fingerprint density at radius 3 is 2.50 bits per heavy atom. The number of nitrogens with one attached hydrogen (secondary N) is 2. The van der Waals surface area contributed by atoms with Crippen molar-refractivity contribution in [3.63, 3.8) is 0 Å². The highest BCUT2D eigenvalue weighted by Crippen LogP contribution is 2.22. The first kappa shape index (κ1) is 21.1. The van der Waals surface area contributed by atoms with Crippen molar-refractivity contribution in [2.24, 2.45) is 0 Å². The average Bonchev–Trinajstić information content (AvgIpc) is 2.45. The molecule has 1 aromatic carbocycles. The Morgan fingerprint density at radius 2 is 1.95 bits per heavy atom. The number of carbonyl (C=O) groups excluding carboxylic acids is 1. The van der Waals surface area contributed by atoms with Gasteiger partial charge in [0.2, 0.25) is 10.0 Å². The zero-order valence-electron chi connectivity index (χ0n) is 12.4. The summed E-state index contributed by atoms with van der Waals surface area (Å²) in [7, 11) is -2.46. The first-order valence-corrected chi connectivity index (χ1v) is 8.36. The van der Waals surface area contributed by atoms with Crippen molar-refractivity contribution in [1.29, 1.82) is 0 Å². The number of carbonyl (C=O) groups is 1. The number of sulfonamides is 1. The third-order valence-corrected chi connectivity index (χ3v) is 4.61. The fourth-order valence-corrected chi connectivity index (χ4v) is 3.19. The summed E-state index contributed by atoms with van der Waals surface area (Å²) in [5, 5.41) is 3.06. The molecule has 0 fully saturated rings. The summed E-state index contributed by atoms with van der Waals surface area (Å²) in [6.07, 6.45) is 0.980. The fraction of sp³-hybridized carbons (Fsp3) is 0.462. The molecule has 0 aromatic heterocycles. The van der Waals surface area contributed by atoms with Crippen molar-refractivity contribution >= 4 is 40.0 Å². The highest BCUT2D eigenvalue weighted by Gasteiger charge is 2.19. The molecule has 1 aromatic rings. The van der Waals surface area contributed by atoms with E-state index in [4.69, 9.17) is 11.6 Å². The molecule has 0 amide bonds. The van der Waals surface area contributed by atoms with E-state index in [2.05, 4.69) is 14.8 Å². The molecule has 0 saturated carbocycles. The van der Waals surface area contributed by atoms with Crippen LogP contribution in [0.4, 0.5) is 0 Å². The monoisotopic (exact) mass is 370 g/mol. The van der Waals surface area contributed by atoms with Crippen molar-refractivity contribution < 1.29 is 17.9 Å². The summed E-state index contributed by atoms with van der Waals surface area (Å²) in [5.41, 5.74) is 0.200. The van der Waals surface area contributed by atoms with Crippen molar-refractivity contribution in [2.75, 3.05) is 26.7 Å². The van der Waals surface area contributed by atoms with E-state index in [9.17, 15) is 13.2 Å². The minimum atomic E-state index is -3.70. The summed E-state index contributed by atoms with van der Waals surface area (Å²) in [6, 6.07) is 3.93. The Morgan fingerprint density at radius 1 is 1.27 bits per heavy atom. The van der Waals surface area contributed by atoms with Crippen LogP contribution in [-0.4, -0.2) is 41.1 Å². The van der Waals surface area contributed by atoms with Gasteiger partial charge >= 0.3 is 5.97 Å². The Balaban J connectivity index is 0.00000441. The molecule has 0 unspecified atom stereocenters. The van der Waals surface area contributed by atoms with E-state index in [-0.39, 0.29) is 34.4 Å². The number of ether oxygens (including phenoxy) is 1. The van der Waals surface area contributed by atoms with Crippen LogP contribution >= 0.6 is 24.0 Å². The minimum absolute atomic E-state index is 0. The van der Waals surface area contributed by atoms with Crippen LogP contribution < -0.4 is 10.0 Å². The van der Waals surface area contributed by atoms with Crippen molar-refractivity contribution in [3.05, 3.63) is 28.8 Å². The largest absolute Gasteiger partial charge is 0.465 e. The van der Waals surface area contributed by atoms with Gasteiger partial charge in [-0.2, -0.15) is 0 Å². The van der Waals surface area contributed by atoms with Crippen molar-refractivity contribution in [2.45, 2.75) is 18.2 Å². The van der Waals surface area contributed by atoms with Gasteiger partial charge in [-0.05, 0) is 31.2 Å². The van der Waals surface area contributed by atoms with E-state index in [1.54, 1.807) is 0 Å². The molecule has 0 radical (unpaired) electrons. The lowest BCUT2D eigenvalue weighted by atomic mass is 10.2. The maximum atomic E-state index is 12.1. The van der Waals surface area contributed by atoms with E-state index >= 15 is 0 Å². The van der Waals surface area contributed by atoms with Crippen molar-refractivity contribution in [1.82, 2.24) is 10.0 Å². The van der Waals surface area contributed by atoms with Gasteiger partial charge in [-0.1, -0.05) is 18.5 Å². The number of rotatable bonds is 8. The van der Waals surface area contributed by atoms with Gasteiger partial charge in [0.05, 0.1) is 17.7 Å². The summed E-state index contributed by atoms with van der Waals surface area (Å²) in [4.78, 5) is 11.3. The zero-order valence-corrected chi connectivity index (χ0v) is 14.8. The predicted octanol–water partition coefficient (Wildman–Crippen LogP) is 1.83. The third kappa shape index (κ3) is 6.10. The standard InChI is InChI=1S/C13H19ClN2O4S.ClH/c1-3-6-15-7-8-16-21(18,19)12-5-4-10(9-11(12)14)13(17)20-2;/h4-5,9,15-16H,3,6-8H2,1-2H3;1H. The van der Waals surface area contributed by atoms with E-state index in [1.165, 1.54) is 25.3 Å². The van der Waals surface area contributed by atoms with E-state index in [0.29, 0.717) is 6.54 Å². The molecule has 0 aliphatic heterocycles. The summed E-state index contributed by atoms with van der Waals surface area (Å²) >= 11 is 5.93. The Bertz CT molecular complexity index is 594. The van der Waals surface area contributed by atoms with Crippen LogP contribution in [0.5, 0.6) is 0 Å². The Hall–Kier alpha value is -0.860. The molecule has 2 N–H and O–H groups in total. The van der Waals surface area contributed by atoms with Crippen LogP contribution in [0.15, 0.2) is 23.1 Å². The van der Waals surface area contributed by atoms with Crippen LogP contribution in [0.25, 0.3) is 0 Å². The second kappa shape index (κ2) is 10.0. The lowest BCUT2D eigenvalue weighted by molar-refractivity contribution is 0.0600. The summed E-state index contributed by atoms with van der Waals surface area (Å²) < 4.78 is 31.2. The van der Waals surface area contributed by atoms with E-state index in [1.807, 2.05) is 6.92 Å². The third-order valence-electron chi connectivity index (χ3n) is 2.66. The number of hydrogen-bond acceptors (Lipinski definition) is 5. The molecule has 0 spiro atoms. The first-order valence-electron chi connectivity index (χ1n) is 6.50. The molecular weight excluding hydrogens is 351 g/mol. The number of benzene rings is 1. The Labute approximate surface area is 142 Å². The minimum Gasteiger partial charge on any atom is -0.465 e. The molecule has 1 rings (SSSR count). The molecular formula is C13H20Cl2N2O4S. The quantitative estimate of drug-likeness (QED) is 0.538. The molecule has 126 valence electrons. The molecule has 0 atom stereocenters. The molecule has 0 aliphatic carbocycles. The molecule has 22 heavy (non-hydrogen) atoms. The van der Waals surface area contributed by atoms with E-state index in [0.717, 1.165) is 13.0 Å². The lowest BCUT2D eigenvalue weighted by Crippen LogP contribution is -2.32. The van der Waals surface area contributed by atoms with Gasteiger partial charge < -0.3 is 10.1 Å². The maximum Gasteiger partial charge on any atom is 0.337 e. The fourth-order valence-electron chi connectivity index (χ4n) is 1.62. The van der Waals surface area contributed by atoms with Crippen LogP contribution in [0.3, 0.4) is 0 Å². The number of halogens is 2. The van der Waals surface area contributed by atoms with Gasteiger partial charge in [0.25, 0.3) is 0 Å². The molecule has 0 heterocycles. The van der Waals surface area contributed by atoms with Crippen molar-refractivity contribution in [3.8, 4) is 0 Å². The van der Waals surface area contributed by atoms with Gasteiger partial charge in [0, 0.05) is 13.1 Å². The number of methoxy groups -OCH3 is 1. The molecule has 0 aliphatic rings. The van der Waals surface area contributed by atoms with Crippen LogP contribution in [0, 0.1) is 0 Å². The SMILES string of the molecule is CCCNCCNS(=O)(=O)c1ccc(C(=O)OC)cc1Cl.Cl. The zero-order chi connectivity index (χ0) is 15.9. The van der Waals surface area contributed by atoms with Crippen LogP contribution in [0.1, 0.15) is 23.7 Å². The van der Waals surface area contributed by atoms with Crippen LogP contribution in [0.2, 0.25) is 5.02 Å². The number of esters is 1. The maximum absolute atomic E-state index is 12.1. The molecule has 0 saturated heterocycles. The Kier molecular flexibility index (Phi) is 9.63.